The summed E-state index contributed by atoms with van der Waals surface area (Å²) in [6, 6.07) is 3.38. The van der Waals surface area contributed by atoms with Crippen LogP contribution >= 0.6 is 11.6 Å². The lowest BCUT2D eigenvalue weighted by atomic mass is 10.1. The molecule has 0 aliphatic heterocycles. The number of hydrogen-bond acceptors (Lipinski definition) is 3. The molecule has 3 nitrogen and oxygen atoms in total. The number of halogens is 6. The lowest BCUT2D eigenvalue weighted by Gasteiger charge is -2.15. The number of alkyl halides is 5. The molecule has 0 saturated heterocycles. The zero-order chi connectivity index (χ0) is 17.4. The standard InChI is InChI=1S/C13H9ClF5NO2S/c1-6-2-8(14)7(9-4-10(12(15)16)22-20-9)3-11(6)23(21)5-13(17,18)19/h2-4,12H,5H2,1H3. The monoisotopic (exact) mass is 373 g/mol. The van der Waals surface area contributed by atoms with Gasteiger partial charge in [0.15, 0.2) is 4.90 Å². The molecule has 0 amide bonds. The van der Waals surface area contributed by atoms with Gasteiger partial charge in [-0.1, -0.05) is 16.8 Å². The molecular formula is C13H9ClF5NO2S. The molecule has 0 spiro atoms. The fourth-order valence-electron chi connectivity index (χ4n) is 1.84. The molecule has 1 aromatic carbocycles. The Morgan fingerprint density at radius 1 is 1.30 bits per heavy atom. The summed E-state index contributed by atoms with van der Waals surface area (Å²) in [7, 11) is 0. The Morgan fingerprint density at radius 2 is 1.96 bits per heavy atom. The van der Waals surface area contributed by atoms with Gasteiger partial charge < -0.3 is 9.08 Å². The molecule has 0 aliphatic rings. The Hall–Kier alpha value is -1.32. The smallest absolute Gasteiger partial charge is 0.433 e. The fourth-order valence-corrected chi connectivity index (χ4v) is 3.28. The minimum atomic E-state index is -4.60. The maximum absolute atomic E-state index is 12.5. The molecule has 23 heavy (non-hydrogen) atoms. The minimum absolute atomic E-state index is 0.0680. The van der Waals surface area contributed by atoms with Crippen LogP contribution < -0.4 is 0 Å². The molecule has 0 fully saturated rings. The van der Waals surface area contributed by atoms with Crippen LogP contribution in [0.4, 0.5) is 22.0 Å². The van der Waals surface area contributed by atoms with Gasteiger partial charge in [-0.3, -0.25) is 0 Å². The molecule has 2 rings (SSSR count). The lowest BCUT2D eigenvalue weighted by molar-refractivity contribution is -0.106. The van der Waals surface area contributed by atoms with Crippen LogP contribution in [0.15, 0.2) is 27.6 Å². The summed E-state index contributed by atoms with van der Waals surface area (Å²) < 4.78 is 78.5. The fraction of sp³-hybridized carbons (Fsp3) is 0.308. The zero-order valence-corrected chi connectivity index (χ0v) is 13.0. The van der Waals surface area contributed by atoms with Gasteiger partial charge >= 0.3 is 6.18 Å². The number of aryl methyl sites for hydroxylation is 1. The summed E-state index contributed by atoms with van der Waals surface area (Å²) in [5.41, 5.74) is 0.285. The highest BCUT2D eigenvalue weighted by atomic mass is 35.5. The molecule has 1 atom stereocenters. The summed E-state index contributed by atoms with van der Waals surface area (Å²) in [6.07, 6.45) is -7.49. The molecule has 0 radical (unpaired) electrons. The Bertz CT molecular complexity index is 704. The second-order valence-electron chi connectivity index (χ2n) is 4.62. The highest BCUT2D eigenvalue weighted by Gasteiger charge is 2.36. The first-order valence-corrected chi connectivity index (χ1v) is 7.78. The minimum Gasteiger partial charge on any atom is -0.611 e. The molecule has 0 saturated carbocycles. The third kappa shape index (κ3) is 4.36. The predicted molar refractivity (Wildman–Crippen MR) is 74.0 cm³/mol. The first-order valence-electron chi connectivity index (χ1n) is 6.09. The average Bonchev–Trinajstić information content (AvgIpc) is 2.86. The van der Waals surface area contributed by atoms with Crippen LogP contribution in [-0.2, 0) is 11.2 Å². The Labute approximate surface area is 135 Å². The van der Waals surface area contributed by atoms with Crippen LogP contribution in [0.1, 0.15) is 17.7 Å². The quantitative estimate of drug-likeness (QED) is 0.565. The number of aromatic nitrogens is 1. The van der Waals surface area contributed by atoms with Crippen molar-refractivity contribution in [2.45, 2.75) is 24.4 Å². The Kier molecular flexibility index (Phi) is 5.22. The van der Waals surface area contributed by atoms with Crippen molar-refractivity contribution >= 4 is 22.8 Å². The first kappa shape index (κ1) is 18.0. The van der Waals surface area contributed by atoms with Gasteiger partial charge in [0.2, 0.25) is 11.5 Å². The Morgan fingerprint density at radius 3 is 2.48 bits per heavy atom. The molecule has 0 N–H and O–H groups in total. The lowest BCUT2D eigenvalue weighted by Crippen LogP contribution is -2.23. The van der Waals surface area contributed by atoms with Gasteiger partial charge in [-0.15, -0.1) is 0 Å². The van der Waals surface area contributed by atoms with Gasteiger partial charge in [0.25, 0.3) is 6.43 Å². The highest BCUT2D eigenvalue weighted by molar-refractivity contribution is 7.91. The molecular weight excluding hydrogens is 365 g/mol. The molecule has 0 bridgehead atoms. The van der Waals surface area contributed by atoms with Gasteiger partial charge in [0.1, 0.15) is 5.69 Å². The summed E-state index contributed by atoms with van der Waals surface area (Å²) >= 11 is 3.62. The van der Waals surface area contributed by atoms with E-state index in [0.717, 1.165) is 12.1 Å². The number of hydrogen-bond donors (Lipinski definition) is 0. The van der Waals surface area contributed by atoms with E-state index in [4.69, 9.17) is 11.6 Å². The number of rotatable bonds is 4. The van der Waals surface area contributed by atoms with E-state index >= 15 is 0 Å². The van der Waals surface area contributed by atoms with Crippen LogP contribution in [0.25, 0.3) is 11.3 Å². The van der Waals surface area contributed by atoms with E-state index in [0.29, 0.717) is 5.56 Å². The van der Waals surface area contributed by atoms with Crippen molar-refractivity contribution in [1.82, 2.24) is 5.16 Å². The SMILES string of the molecule is Cc1cc(Cl)c(-c2cc(C(F)F)on2)cc1[S+]([O-])CC(F)(F)F. The van der Waals surface area contributed by atoms with Gasteiger partial charge in [-0.25, -0.2) is 8.78 Å². The van der Waals surface area contributed by atoms with E-state index in [2.05, 4.69) is 9.68 Å². The number of nitrogens with zero attached hydrogens (tertiary/aromatic N) is 1. The second kappa shape index (κ2) is 6.66. The molecule has 0 aliphatic carbocycles. The van der Waals surface area contributed by atoms with Crippen molar-refractivity contribution in [3.8, 4) is 11.3 Å². The van der Waals surface area contributed by atoms with Crippen molar-refractivity contribution in [1.29, 1.82) is 0 Å². The summed E-state index contributed by atoms with van der Waals surface area (Å²) in [4.78, 5) is -0.0941. The van der Waals surface area contributed by atoms with E-state index < -0.39 is 35.3 Å². The van der Waals surface area contributed by atoms with E-state index in [1.54, 1.807) is 0 Å². The number of benzene rings is 1. The molecule has 1 aromatic heterocycles. The normalized spacial score (nSPS) is 13.6. The van der Waals surface area contributed by atoms with Crippen molar-refractivity contribution in [3.05, 3.63) is 34.5 Å². The zero-order valence-electron chi connectivity index (χ0n) is 11.5. The van der Waals surface area contributed by atoms with E-state index in [9.17, 15) is 26.5 Å². The van der Waals surface area contributed by atoms with Crippen LogP contribution in [0.3, 0.4) is 0 Å². The molecule has 1 heterocycles. The Balaban J connectivity index is 2.43. The van der Waals surface area contributed by atoms with Gasteiger partial charge in [-0.2, -0.15) is 13.2 Å². The molecule has 10 heteroatoms. The predicted octanol–water partition coefficient (Wildman–Crippen LogP) is 4.91. The van der Waals surface area contributed by atoms with Crippen molar-refractivity contribution in [2.24, 2.45) is 0 Å². The van der Waals surface area contributed by atoms with Gasteiger partial charge in [0, 0.05) is 23.3 Å². The van der Waals surface area contributed by atoms with Crippen molar-refractivity contribution in [2.75, 3.05) is 5.75 Å². The topological polar surface area (TPSA) is 49.1 Å². The molecule has 126 valence electrons. The summed E-state index contributed by atoms with van der Waals surface area (Å²) in [5.74, 6) is -2.22. The van der Waals surface area contributed by atoms with Crippen molar-refractivity contribution in [3.63, 3.8) is 0 Å². The van der Waals surface area contributed by atoms with Gasteiger partial charge in [-0.05, 0) is 24.2 Å². The largest absolute Gasteiger partial charge is 0.611 e. The maximum atomic E-state index is 12.5. The molecule has 1 unspecified atom stereocenters. The van der Waals surface area contributed by atoms with Crippen LogP contribution in [0.5, 0.6) is 0 Å². The first-order chi connectivity index (χ1) is 10.6. The molecule has 2 aromatic rings. The van der Waals surface area contributed by atoms with E-state index in [-0.39, 0.29) is 21.2 Å². The van der Waals surface area contributed by atoms with Crippen LogP contribution in [-0.4, -0.2) is 21.6 Å². The van der Waals surface area contributed by atoms with Crippen molar-refractivity contribution < 1.29 is 31.0 Å². The van der Waals surface area contributed by atoms with E-state index in [1.165, 1.54) is 13.0 Å². The second-order valence-corrected chi connectivity index (χ2v) is 6.44. The highest BCUT2D eigenvalue weighted by Crippen LogP contribution is 2.35. The van der Waals surface area contributed by atoms with E-state index in [1.807, 2.05) is 0 Å². The van der Waals surface area contributed by atoms with Crippen LogP contribution in [0.2, 0.25) is 5.02 Å². The third-order valence-corrected chi connectivity index (χ3v) is 4.66. The van der Waals surface area contributed by atoms with Gasteiger partial charge in [0.05, 0.1) is 5.02 Å². The third-order valence-electron chi connectivity index (χ3n) is 2.82. The summed E-state index contributed by atoms with van der Waals surface area (Å²) in [6.45, 7) is 1.45. The maximum Gasteiger partial charge on any atom is 0.433 e. The summed E-state index contributed by atoms with van der Waals surface area (Å²) in [5, 5.41) is 3.49. The van der Waals surface area contributed by atoms with Crippen LogP contribution in [0, 0.1) is 6.92 Å². The average molecular weight is 374 g/mol.